The first-order valence-corrected chi connectivity index (χ1v) is 11.9. The van der Waals surface area contributed by atoms with Crippen LogP contribution in [0, 0.1) is 0 Å². The van der Waals surface area contributed by atoms with Crippen molar-refractivity contribution in [3.8, 4) is 17.0 Å². The number of hydrogen-bond donors (Lipinski definition) is 0. The largest absolute Gasteiger partial charge is 0.494 e. The number of fused-ring (bicyclic) bond motifs is 1. The van der Waals surface area contributed by atoms with E-state index in [-0.39, 0.29) is 11.6 Å². The molecule has 1 aromatic heterocycles. The van der Waals surface area contributed by atoms with Gasteiger partial charge in [0.2, 0.25) is 0 Å². The maximum atomic E-state index is 12.7. The Morgan fingerprint density at radius 2 is 1.90 bits per heavy atom. The second kappa shape index (κ2) is 9.35. The molecule has 0 spiro atoms. The fourth-order valence-corrected chi connectivity index (χ4v) is 5.29. The highest BCUT2D eigenvalue weighted by atomic mass is 32.2. The van der Waals surface area contributed by atoms with Crippen LogP contribution < -0.4 is 10.3 Å². The zero-order valence-corrected chi connectivity index (χ0v) is 18.3. The molecule has 3 heterocycles. The van der Waals surface area contributed by atoms with Crippen LogP contribution in [0.5, 0.6) is 5.75 Å². The number of benzene rings is 1. The molecule has 0 atom stereocenters. The molecular weight excluding hydrogens is 382 g/mol. The molecule has 4 rings (SSSR count). The Kier molecular flexibility index (Phi) is 6.60. The van der Waals surface area contributed by atoms with Gasteiger partial charge in [-0.2, -0.15) is 5.10 Å². The molecule has 0 N–H and O–H groups in total. The van der Waals surface area contributed by atoms with Crippen molar-refractivity contribution in [1.29, 1.82) is 0 Å². The van der Waals surface area contributed by atoms with Gasteiger partial charge in [-0.3, -0.25) is 4.79 Å². The van der Waals surface area contributed by atoms with E-state index in [0.717, 1.165) is 59.2 Å². The number of likely N-dealkylation sites (tertiary alicyclic amines) is 1. The third kappa shape index (κ3) is 4.69. The molecule has 156 valence electrons. The topological polar surface area (TPSA) is 47.4 Å². The fourth-order valence-electron chi connectivity index (χ4n) is 4.12. The van der Waals surface area contributed by atoms with Crippen LogP contribution in [0.2, 0.25) is 0 Å². The van der Waals surface area contributed by atoms with Crippen LogP contribution in [0.1, 0.15) is 51.1 Å². The summed E-state index contributed by atoms with van der Waals surface area (Å²) in [5.41, 5.74) is 2.96. The monoisotopic (exact) mass is 413 g/mol. The van der Waals surface area contributed by atoms with E-state index < -0.39 is 0 Å². The van der Waals surface area contributed by atoms with E-state index in [2.05, 4.69) is 17.0 Å². The van der Waals surface area contributed by atoms with E-state index >= 15 is 0 Å². The van der Waals surface area contributed by atoms with Crippen molar-refractivity contribution in [2.45, 2.75) is 56.9 Å². The first-order chi connectivity index (χ1) is 14.1. The predicted octanol–water partition coefficient (Wildman–Crippen LogP) is 4.39. The molecule has 2 aromatic rings. The van der Waals surface area contributed by atoms with Crippen LogP contribution in [0.15, 0.2) is 34.0 Å². The van der Waals surface area contributed by atoms with E-state index in [4.69, 9.17) is 9.84 Å². The summed E-state index contributed by atoms with van der Waals surface area (Å²) in [6, 6.07) is 8.23. The predicted molar refractivity (Wildman–Crippen MR) is 119 cm³/mol. The van der Waals surface area contributed by atoms with Gasteiger partial charge in [0.05, 0.1) is 12.6 Å². The molecule has 1 saturated heterocycles. The average Bonchev–Trinajstić information content (AvgIpc) is 3.23. The van der Waals surface area contributed by atoms with Crippen molar-refractivity contribution in [3.05, 3.63) is 40.2 Å². The molecule has 0 radical (unpaired) electrons. The molecule has 0 bridgehead atoms. The minimum atomic E-state index is 0.0552. The maximum absolute atomic E-state index is 12.7. The van der Waals surface area contributed by atoms with Crippen molar-refractivity contribution in [1.82, 2.24) is 14.7 Å². The van der Waals surface area contributed by atoms with Crippen LogP contribution in [0.4, 0.5) is 0 Å². The van der Waals surface area contributed by atoms with Crippen molar-refractivity contribution in [3.63, 3.8) is 0 Å². The molecular formula is C23H31N3O2S. The number of thioether (sulfide) groups is 1. The smallest absolute Gasteiger partial charge is 0.271 e. The number of ether oxygens (including phenoxy) is 1. The van der Waals surface area contributed by atoms with Crippen LogP contribution in [-0.4, -0.2) is 46.7 Å². The molecule has 0 aliphatic carbocycles. The molecule has 0 unspecified atom stereocenters. The second-order valence-corrected chi connectivity index (χ2v) is 9.33. The number of nitrogens with zero attached hydrogens (tertiary/aromatic N) is 3. The van der Waals surface area contributed by atoms with E-state index in [1.807, 2.05) is 26.0 Å². The summed E-state index contributed by atoms with van der Waals surface area (Å²) in [6.07, 6.45) is 5.95. The lowest BCUT2D eigenvalue weighted by Crippen LogP contribution is -2.31. The normalized spacial score (nSPS) is 16.9. The van der Waals surface area contributed by atoms with Crippen molar-refractivity contribution >= 4 is 11.8 Å². The maximum Gasteiger partial charge on any atom is 0.271 e. The Morgan fingerprint density at radius 1 is 1.14 bits per heavy atom. The average molecular weight is 414 g/mol. The molecule has 5 nitrogen and oxygen atoms in total. The van der Waals surface area contributed by atoms with Gasteiger partial charge >= 0.3 is 0 Å². The molecule has 0 saturated carbocycles. The van der Waals surface area contributed by atoms with E-state index in [0.29, 0.717) is 0 Å². The summed E-state index contributed by atoms with van der Waals surface area (Å²) < 4.78 is 7.58. The van der Waals surface area contributed by atoms with Crippen LogP contribution in [0.3, 0.4) is 0 Å². The Hall–Kier alpha value is -1.79. The zero-order chi connectivity index (χ0) is 20.2. The van der Waals surface area contributed by atoms with Gasteiger partial charge in [-0.15, -0.1) is 11.8 Å². The highest BCUT2D eigenvalue weighted by Crippen LogP contribution is 2.37. The Balaban J connectivity index is 1.42. The van der Waals surface area contributed by atoms with Crippen LogP contribution in [-0.2, 0) is 6.42 Å². The Labute approximate surface area is 177 Å². The summed E-state index contributed by atoms with van der Waals surface area (Å²) >= 11 is 1.75. The second-order valence-electron chi connectivity index (χ2n) is 8.23. The van der Waals surface area contributed by atoms with Gasteiger partial charge in [-0.25, -0.2) is 4.68 Å². The van der Waals surface area contributed by atoms with Gasteiger partial charge in [0.25, 0.3) is 5.56 Å². The van der Waals surface area contributed by atoms with E-state index in [1.165, 1.54) is 32.4 Å². The van der Waals surface area contributed by atoms with Crippen LogP contribution in [0.25, 0.3) is 11.3 Å². The van der Waals surface area contributed by atoms with Gasteiger partial charge in [0.15, 0.2) is 0 Å². The Bertz CT molecular complexity index is 886. The van der Waals surface area contributed by atoms with Gasteiger partial charge < -0.3 is 9.64 Å². The van der Waals surface area contributed by atoms with Gasteiger partial charge in [-0.05, 0) is 76.9 Å². The molecule has 0 amide bonds. The van der Waals surface area contributed by atoms with E-state index in [9.17, 15) is 4.79 Å². The summed E-state index contributed by atoms with van der Waals surface area (Å²) in [6.45, 7) is 8.37. The number of hydrogen-bond acceptors (Lipinski definition) is 5. The molecule has 1 aromatic carbocycles. The van der Waals surface area contributed by atoms with Gasteiger partial charge in [0, 0.05) is 28.3 Å². The number of aromatic nitrogens is 2. The quantitative estimate of drug-likeness (QED) is 0.630. The first kappa shape index (κ1) is 20.5. The summed E-state index contributed by atoms with van der Waals surface area (Å²) in [7, 11) is 0. The highest BCUT2D eigenvalue weighted by Gasteiger charge is 2.24. The summed E-state index contributed by atoms with van der Waals surface area (Å²) in [5, 5.41) is 4.71. The molecule has 2 aliphatic heterocycles. The number of rotatable bonds is 7. The van der Waals surface area contributed by atoms with Crippen molar-refractivity contribution in [2.24, 2.45) is 0 Å². The standard InChI is InChI=1S/C23H31N3O2S/c1-17(2)26-23(27)20-11-16-29-22(20)21(24-26)18-7-9-19(10-8-18)28-15-6-14-25-12-4-3-5-13-25/h7-10,17H,3-6,11-16H2,1-2H3. The zero-order valence-electron chi connectivity index (χ0n) is 17.5. The van der Waals surface area contributed by atoms with Crippen LogP contribution >= 0.6 is 11.8 Å². The summed E-state index contributed by atoms with van der Waals surface area (Å²) in [5.74, 6) is 1.86. The lowest BCUT2D eigenvalue weighted by atomic mass is 10.1. The molecule has 6 heteroatoms. The lowest BCUT2D eigenvalue weighted by Gasteiger charge is -2.26. The number of piperidine rings is 1. The highest BCUT2D eigenvalue weighted by molar-refractivity contribution is 7.99. The minimum absolute atomic E-state index is 0.0552. The SMILES string of the molecule is CC(C)n1nc(-c2ccc(OCCCN3CCCCC3)cc2)c2c(c1=O)CCS2. The van der Waals surface area contributed by atoms with E-state index in [1.54, 1.807) is 16.4 Å². The third-order valence-electron chi connectivity index (χ3n) is 5.71. The van der Waals surface area contributed by atoms with Crippen molar-refractivity contribution < 1.29 is 4.74 Å². The molecule has 2 aliphatic rings. The first-order valence-electron chi connectivity index (χ1n) is 10.9. The van der Waals surface area contributed by atoms with Gasteiger partial charge in [-0.1, -0.05) is 6.42 Å². The third-order valence-corrected chi connectivity index (χ3v) is 6.85. The minimum Gasteiger partial charge on any atom is -0.494 e. The molecule has 1 fully saturated rings. The van der Waals surface area contributed by atoms with Crippen molar-refractivity contribution in [2.75, 3.05) is 32.0 Å². The summed E-state index contributed by atoms with van der Waals surface area (Å²) in [4.78, 5) is 16.3. The molecule has 29 heavy (non-hydrogen) atoms. The van der Waals surface area contributed by atoms with Gasteiger partial charge in [0.1, 0.15) is 11.4 Å². The lowest BCUT2D eigenvalue weighted by molar-refractivity contribution is 0.205. The fraction of sp³-hybridized carbons (Fsp3) is 0.565. The Morgan fingerprint density at radius 3 is 2.62 bits per heavy atom.